The molecule has 0 spiro atoms. The number of amides is 1. The van der Waals surface area contributed by atoms with Gasteiger partial charge < -0.3 is 15.6 Å². The summed E-state index contributed by atoms with van der Waals surface area (Å²) >= 11 is 0. The van der Waals surface area contributed by atoms with E-state index in [0.29, 0.717) is 19.4 Å². The van der Waals surface area contributed by atoms with Crippen molar-refractivity contribution in [1.29, 1.82) is 0 Å². The minimum Gasteiger partial charge on any atom is -0.399 e. The van der Waals surface area contributed by atoms with Gasteiger partial charge in [0.05, 0.1) is 5.69 Å². The van der Waals surface area contributed by atoms with E-state index in [0.717, 1.165) is 34.7 Å². The van der Waals surface area contributed by atoms with Crippen molar-refractivity contribution >= 4 is 11.6 Å². The number of nitrogens with zero attached hydrogens (tertiary/aromatic N) is 1. The van der Waals surface area contributed by atoms with Crippen LogP contribution in [0.15, 0.2) is 28.8 Å². The molecular weight excluding hydrogens is 266 g/mol. The second-order valence-electron chi connectivity index (χ2n) is 5.10. The first-order chi connectivity index (χ1) is 10.1. The van der Waals surface area contributed by atoms with E-state index in [1.807, 2.05) is 38.1 Å². The molecule has 5 nitrogen and oxygen atoms in total. The van der Waals surface area contributed by atoms with Gasteiger partial charge in [0, 0.05) is 24.2 Å². The summed E-state index contributed by atoms with van der Waals surface area (Å²) in [7, 11) is 0. The highest BCUT2D eigenvalue weighted by Crippen LogP contribution is 2.13. The lowest BCUT2D eigenvalue weighted by Crippen LogP contribution is -2.26. The normalized spacial score (nSPS) is 10.6. The maximum absolute atomic E-state index is 11.8. The van der Waals surface area contributed by atoms with Crippen molar-refractivity contribution in [3.63, 3.8) is 0 Å². The molecular formula is C16H21N3O2. The predicted octanol–water partition coefficient (Wildman–Crippen LogP) is 2.17. The molecule has 3 N–H and O–H groups in total. The van der Waals surface area contributed by atoms with Crippen molar-refractivity contribution in [3.05, 3.63) is 46.8 Å². The Labute approximate surface area is 124 Å². The quantitative estimate of drug-likeness (QED) is 0.798. The number of aromatic nitrogens is 1. The second-order valence-corrected chi connectivity index (χ2v) is 5.10. The minimum atomic E-state index is 0.0324. The van der Waals surface area contributed by atoms with Crippen LogP contribution in [0.25, 0.3) is 0 Å². The topological polar surface area (TPSA) is 81.2 Å². The van der Waals surface area contributed by atoms with E-state index in [-0.39, 0.29) is 5.91 Å². The number of hydrogen-bond acceptors (Lipinski definition) is 4. The molecule has 0 saturated carbocycles. The smallest absolute Gasteiger partial charge is 0.220 e. The summed E-state index contributed by atoms with van der Waals surface area (Å²) in [6, 6.07) is 7.63. The van der Waals surface area contributed by atoms with Crippen LogP contribution in [0.4, 0.5) is 5.69 Å². The van der Waals surface area contributed by atoms with Crippen LogP contribution in [0.3, 0.4) is 0 Å². The van der Waals surface area contributed by atoms with Crippen molar-refractivity contribution in [3.8, 4) is 0 Å². The summed E-state index contributed by atoms with van der Waals surface area (Å²) in [6.45, 7) is 4.38. The molecule has 21 heavy (non-hydrogen) atoms. The molecule has 0 aliphatic carbocycles. The molecule has 1 aromatic carbocycles. The van der Waals surface area contributed by atoms with Crippen molar-refractivity contribution in [2.75, 3.05) is 12.3 Å². The first-order valence-electron chi connectivity index (χ1n) is 7.09. The molecule has 2 rings (SSSR count). The maximum Gasteiger partial charge on any atom is 0.220 e. The zero-order chi connectivity index (χ0) is 15.2. The number of carbonyl (C=O) groups is 1. The number of carbonyl (C=O) groups excluding carboxylic acids is 1. The fourth-order valence-electron chi connectivity index (χ4n) is 2.28. The average Bonchev–Trinajstić information content (AvgIpc) is 2.78. The van der Waals surface area contributed by atoms with Gasteiger partial charge in [-0.1, -0.05) is 23.4 Å². The third-order valence-electron chi connectivity index (χ3n) is 3.55. The van der Waals surface area contributed by atoms with Crippen LogP contribution in [0.2, 0.25) is 0 Å². The largest absolute Gasteiger partial charge is 0.399 e. The lowest BCUT2D eigenvalue weighted by molar-refractivity contribution is -0.121. The summed E-state index contributed by atoms with van der Waals surface area (Å²) in [5.74, 6) is 0.851. The van der Waals surface area contributed by atoms with Gasteiger partial charge in [0.15, 0.2) is 0 Å². The highest BCUT2D eigenvalue weighted by atomic mass is 16.5. The van der Waals surface area contributed by atoms with Crippen LogP contribution in [0, 0.1) is 13.8 Å². The van der Waals surface area contributed by atoms with Gasteiger partial charge in [-0.15, -0.1) is 0 Å². The average molecular weight is 287 g/mol. The van der Waals surface area contributed by atoms with Gasteiger partial charge in [-0.05, 0) is 38.3 Å². The fourth-order valence-corrected chi connectivity index (χ4v) is 2.28. The Balaban J connectivity index is 1.74. The summed E-state index contributed by atoms with van der Waals surface area (Å²) in [5, 5.41) is 6.81. The standard InChI is InChI=1S/C16H21N3O2/c1-11-14(12(2)21-19-11)9-10-18-16(20)8-7-13-5-3-4-6-15(13)17/h3-6H,7-10,17H2,1-2H3,(H,18,20). The fraction of sp³-hybridized carbons (Fsp3) is 0.375. The molecule has 0 saturated heterocycles. The summed E-state index contributed by atoms with van der Waals surface area (Å²) in [6.07, 6.45) is 1.83. The Hall–Kier alpha value is -2.30. The van der Waals surface area contributed by atoms with E-state index in [4.69, 9.17) is 10.3 Å². The molecule has 2 aromatic rings. The molecule has 1 aromatic heterocycles. The third-order valence-corrected chi connectivity index (χ3v) is 3.55. The highest BCUT2D eigenvalue weighted by Gasteiger charge is 2.09. The molecule has 0 fully saturated rings. The zero-order valence-electron chi connectivity index (χ0n) is 12.5. The Bertz CT molecular complexity index is 600. The zero-order valence-corrected chi connectivity index (χ0v) is 12.5. The van der Waals surface area contributed by atoms with Crippen molar-refractivity contribution < 1.29 is 9.32 Å². The van der Waals surface area contributed by atoms with E-state index in [1.165, 1.54) is 0 Å². The lowest BCUT2D eigenvalue weighted by atomic mass is 10.1. The van der Waals surface area contributed by atoms with E-state index in [1.54, 1.807) is 0 Å². The van der Waals surface area contributed by atoms with Gasteiger partial charge >= 0.3 is 0 Å². The van der Waals surface area contributed by atoms with E-state index in [2.05, 4.69) is 10.5 Å². The Morgan fingerprint density at radius 3 is 2.71 bits per heavy atom. The van der Waals surface area contributed by atoms with Crippen LogP contribution in [-0.2, 0) is 17.6 Å². The molecule has 112 valence electrons. The van der Waals surface area contributed by atoms with Crippen molar-refractivity contribution in [2.45, 2.75) is 33.1 Å². The Morgan fingerprint density at radius 1 is 1.29 bits per heavy atom. The van der Waals surface area contributed by atoms with Crippen LogP contribution in [-0.4, -0.2) is 17.6 Å². The van der Waals surface area contributed by atoms with E-state index < -0.39 is 0 Å². The SMILES string of the molecule is Cc1noc(C)c1CCNC(=O)CCc1ccccc1N. The summed E-state index contributed by atoms with van der Waals surface area (Å²) in [5.41, 5.74) is 9.56. The van der Waals surface area contributed by atoms with Gasteiger partial charge in [-0.25, -0.2) is 0 Å². The Morgan fingerprint density at radius 2 is 2.05 bits per heavy atom. The molecule has 5 heteroatoms. The van der Waals surface area contributed by atoms with Crippen LogP contribution < -0.4 is 11.1 Å². The molecule has 0 atom stereocenters. The first kappa shape index (κ1) is 15.1. The predicted molar refractivity (Wildman–Crippen MR) is 81.9 cm³/mol. The number of anilines is 1. The van der Waals surface area contributed by atoms with Crippen molar-refractivity contribution in [2.24, 2.45) is 0 Å². The monoisotopic (exact) mass is 287 g/mol. The van der Waals surface area contributed by atoms with Crippen LogP contribution in [0.1, 0.15) is 29.0 Å². The summed E-state index contributed by atoms with van der Waals surface area (Å²) in [4.78, 5) is 11.8. The number of hydrogen-bond donors (Lipinski definition) is 2. The van der Waals surface area contributed by atoms with Crippen molar-refractivity contribution in [1.82, 2.24) is 10.5 Å². The van der Waals surface area contributed by atoms with Gasteiger partial charge in [0.1, 0.15) is 5.76 Å². The number of aryl methyl sites for hydroxylation is 3. The molecule has 0 aliphatic heterocycles. The minimum absolute atomic E-state index is 0.0324. The molecule has 0 radical (unpaired) electrons. The maximum atomic E-state index is 11.8. The van der Waals surface area contributed by atoms with E-state index >= 15 is 0 Å². The van der Waals surface area contributed by atoms with Gasteiger partial charge in [0.25, 0.3) is 0 Å². The van der Waals surface area contributed by atoms with Crippen LogP contribution >= 0.6 is 0 Å². The van der Waals surface area contributed by atoms with Crippen LogP contribution in [0.5, 0.6) is 0 Å². The van der Waals surface area contributed by atoms with Gasteiger partial charge in [-0.2, -0.15) is 0 Å². The third kappa shape index (κ3) is 4.08. The number of nitrogen functional groups attached to an aromatic ring is 1. The van der Waals surface area contributed by atoms with Gasteiger partial charge in [-0.3, -0.25) is 4.79 Å². The number of nitrogens with one attached hydrogen (secondary N) is 1. The first-order valence-corrected chi connectivity index (χ1v) is 7.09. The molecule has 1 heterocycles. The molecule has 0 unspecified atom stereocenters. The number of rotatable bonds is 6. The molecule has 1 amide bonds. The lowest BCUT2D eigenvalue weighted by Gasteiger charge is -2.07. The van der Waals surface area contributed by atoms with Gasteiger partial charge in [0.2, 0.25) is 5.91 Å². The number of para-hydroxylation sites is 1. The molecule has 0 aliphatic rings. The molecule has 0 bridgehead atoms. The number of benzene rings is 1. The second kappa shape index (κ2) is 6.92. The van der Waals surface area contributed by atoms with E-state index in [9.17, 15) is 4.79 Å². The summed E-state index contributed by atoms with van der Waals surface area (Å²) < 4.78 is 5.09. The highest BCUT2D eigenvalue weighted by molar-refractivity contribution is 5.76. The number of nitrogens with two attached hydrogens (primary N) is 1. The Kier molecular flexibility index (Phi) is 4.98.